The Labute approximate surface area is 82.9 Å². The summed E-state index contributed by atoms with van der Waals surface area (Å²) in [6.45, 7) is 1.40. The molecule has 0 N–H and O–H groups in total. The van der Waals surface area contributed by atoms with E-state index < -0.39 is 5.97 Å². The summed E-state index contributed by atoms with van der Waals surface area (Å²) in [5, 5.41) is 0. The van der Waals surface area contributed by atoms with E-state index in [0.29, 0.717) is 12.2 Å². The quantitative estimate of drug-likeness (QED) is 0.419. The molecule has 1 aliphatic rings. The van der Waals surface area contributed by atoms with Crippen LogP contribution in [-0.2, 0) is 14.3 Å². The summed E-state index contributed by atoms with van der Waals surface area (Å²) >= 11 is 0. The molecule has 0 aliphatic carbocycles. The third kappa shape index (κ3) is 2.04. The van der Waals surface area contributed by atoms with Crippen molar-refractivity contribution in [3.8, 4) is 0 Å². The normalized spacial score (nSPS) is 20.2. The second kappa shape index (κ2) is 4.13. The average molecular weight is 198 g/mol. The van der Waals surface area contributed by atoms with Crippen LogP contribution >= 0.6 is 0 Å². The van der Waals surface area contributed by atoms with Crippen molar-refractivity contribution < 1.29 is 14.3 Å². The van der Waals surface area contributed by atoms with Crippen molar-refractivity contribution in [2.24, 2.45) is 0 Å². The Hall–Kier alpha value is -1.52. The summed E-state index contributed by atoms with van der Waals surface area (Å²) in [5.74, 6) is -0.653. The van der Waals surface area contributed by atoms with Crippen LogP contribution in [0.4, 0.5) is 0 Å². The number of nitrogens with zero attached hydrogens (tertiary/aromatic N) is 2. The first-order valence-corrected chi connectivity index (χ1v) is 4.32. The minimum atomic E-state index is -0.504. The molecule has 1 fully saturated rings. The monoisotopic (exact) mass is 198 g/mol. The summed E-state index contributed by atoms with van der Waals surface area (Å²) in [6, 6.07) is 0. The summed E-state index contributed by atoms with van der Waals surface area (Å²) < 4.78 is 4.47. The zero-order chi connectivity index (χ0) is 10.7. The highest BCUT2D eigenvalue weighted by Gasteiger charge is 2.24. The molecular weight excluding hydrogens is 184 g/mol. The highest BCUT2D eigenvalue weighted by molar-refractivity contribution is 5.99. The van der Waals surface area contributed by atoms with Crippen molar-refractivity contribution in [2.45, 2.75) is 0 Å². The highest BCUT2D eigenvalue weighted by atomic mass is 16.5. The van der Waals surface area contributed by atoms with Crippen LogP contribution in [0.15, 0.2) is 11.8 Å². The molecule has 0 saturated carbocycles. The Bertz CT molecular complexity index is 286. The lowest BCUT2D eigenvalue weighted by atomic mass is 10.2. The van der Waals surface area contributed by atoms with Gasteiger partial charge in [0.2, 0.25) is 0 Å². The molecule has 0 aromatic carbocycles. The topological polar surface area (TPSA) is 49.9 Å². The lowest BCUT2D eigenvalue weighted by molar-refractivity contribution is -0.136. The largest absolute Gasteiger partial charge is 0.466 e. The molecule has 1 saturated heterocycles. The minimum Gasteiger partial charge on any atom is -0.466 e. The highest BCUT2D eigenvalue weighted by Crippen LogP contribution is 2.11. The molecule has 0 bridgehead atoms. The minimum absolute atomic E-state index is 0.149. The van der Waals surface area contributed by atoms with Crippen LogP contribution in [-0.4, -0.2) is 56.0 Å². The van der Waals surface area contributed by atoms with Crippen molar-refractivity contribution in [3.63, 3.8) is 0 Å². The maximum Gasteiger partial charge on any atom is 0.332 e. The lowest BCUT2D eigenvalue weighted by Crippen LogP contribution is -2.45. The fourth-order valence-electron chi connectivity index (χ4n) is 1.22. The lowest BCUT2D eigenvalue weighted by Gasteiger charge is -2.32. The Morgan fingerprint density at radius 1 is 1.36 bits per heavy atom. The number of piperazine rings is 1. The van der Waals surface area contributed by atoms with Crippen molar-refractivity contribution in [2.75, 3.05) is 34.3 Å². The number of esters is 1. The van der Waals surface area contributed by atoms with Gasteiger partial charge in [-0.25, -0.2) is 4.79 Å². The van der Waals surface area contributed by atoms with Gasteiger partial charge in [0, 0.05) is 27.2 Å². The summed E-state index contributed by atoms with van der Waals surface area (Å²) in [4.78, 5) is 25.9. The van der Waals surface area contributed by atoms with Gasteiger partial charge in [-0.1, -0.05) is 0 Å². The van der Waals surface area contributed by atoms with E-state index in [4.69, 9.17) is 0 Å². The molecule has 0 aromatic rings. The van der Waals surface area contributed by atoms with Gasteiger partial charge in [0.1, 0.15) is 5.70 Å². The van der Waals surface area contributed by atoms with Gasteiger partial charge in [-0.3, -0.25) is 4.79 Å². The number of hydrogen-bond donors (Lipinski definition) is 0. The van der Waals surface area contributed by atoms with E-state index >= 15 is 0 Å². The number of likely N-dealkylation sites (N-methyl/N-ethyl adjacent to an activating group) is 2. The van der Waals surface area contributed by atoms with Gasteiger partial charge in [-0.05, 0) is 0 Å². The van der Waals surface area contributed by atoms with Crippen LogP contribution in [0.1, 0.15) is 0 Å². The summed E-state index contributed by atoms with van der Waals surface area (Å²) in [6.07, 6.45) is 1.22. The van der Waals surface area contributed by atoms with Crippen LogP contribution in [0, 0.1) is 0 Å². The Kier molecular flexibility index (Phi) is 3.11. The number of carbonyl (C=O) groups is 2. The maximum absolute atomic E-state index is 11.6. The first kappa shape index (κ1) is 10.6. The third-order valence-electron chi connectivity index (χ3n) is 2.20. The number of hydrogen-bond acceptors (Lipinski definition) is 4. The van der Waals surface area contributed by atoms with Crippen LogP contribution in [0.3, 0.4) is 0 Å². The number of carbonyl (C=O) groups excluding carboxylic acids is 2. The molecule has 1 rings (SSSR count). The van der Waals surface area contributed by atoms with Gasteiger partial charge < -0.3 is 14.5 Å². The van der Waals surface area contributed by atoms with Gasteiger partial charge >= 0.3 is 5.97 Å². The van der Waals surface area contributed by atoms with Crippen molar-refractivity contribution in [1.29, 1.82) is 0 Å². The summed E-state index contributed by atoms with van der Waals surface area (Å²) in [7, 11) is 4.77. The smallest absolute Gasteiger partial charge is 0.332 e. The molecule has 0 radical (unpaired) electrons. The molecular formula is C9H14N2O3. The standard InChI is InChI=1S/C9H14N2O3/c1-10-4-5-11(2)9(13)7(10)6-8(12)14-3/h6H,4-5H2,1-3H3/b7-6-. The van der Waals surface area contributed by atoms with Gasteiger partial charge in [-0.2, -0.15) is 0 Å². The molecule has 14 heavy (non-hydrogen) atoms. The van der Waals surface area contributed by atoms with E-state index in [0.717, 1.165) is 6.54 Å². The number of methoxy groups -OCH3 is 1. The zero-order valence-electron chi connectivity index (χ0n) is 8.61. The van der Waals surface area contributed by atoms with Gasteiger partial charge in [0.25, 0.3) is 5.91 Å². The number of ether oxygens (including phenoxy) is 1. The predicted octanol–water partition coefficient (Wildman–Crippen LogP) is -0.553. The second-order valence-corrected chi connectivity index (χ2v) is 3.20. The SMILES string of the molecule is COC(=O)/C=C1/C(=O)N(C)CCN1C. The molecule has 1 heterocycles. The Balaban J connectivity index is 2.87. The van der Waals surface area contributed by atoms with Crippen molar-refractivity contribution >= 4 is 11.9 Å². The molecule has 5 nitrogen and oxygen atoms in total. The fraction of sp³-hybridized carbons (Fsp3) is 0.556. The Morgan fingerprint density at radius 2 is 1.93 bits per heavy atom. The van der Waals surface area contributed by atoms with Gasteiger partial charge in [0.15, 0.2) is 0 Å². The van der Waals surface area contributed by atoms with Crippen LogP contribution in [0.5, 0.6) is 0 Å². The molecule has 0 atom stereocenters. The second-order valence-electron chi connectivity index (χ2n) is 3.20. The molecule has 1 amide bonds. The molecule has 1 aliphatic heterocycles. The van der Waals surface area contributed by atoms with E-state index in [1.165, 1.54) is 13.2 Å². The van der Waals surface area contributed by atoms with Gasteiger partial charge in [-0.15, -0.1) is 0 Å². The fourth-order valence-corrected chi connectivity index (χ4v) is 1.22. The number of rotatable bonds is 1. The Morgan fingerprint density at radius 3 is 2.50 bits per heavy atom. The first-order valence-electron chi connectivity index (χ1n) is 4.32. The molecule has 0 spiro atoms. The molecule has 0 unspecified atom stereocenters. The van der Waals surface area contributed by atoms with E-state index in [-0.39, 0.29) is 5.91 Å². The van der Waals surface area contributed by atoms with E-state index in [2.05, 4.69) is 4.74 Å². The molecule has 78 valence electrons. The van der Waals surface area contributed by atoms with E-state index in [1.807, 2.05) is 0 Å². The predicted molar refractivity (Wildman–Crippen MR) is 50.4 cm³/mol. The van der Waals surface area contributed by atoms with Crippen LogP contribution < -0.4 is 0 Å². The zero-order valence-corrected chi connectivity index (χ0v) is 8.61. The molecule has 5 heteroatoms. The van der Waals surface area contributed by atoms with Crippen molar-refractivity contribution in [3.05, 3.63) is 11.8 Å². The van der Waals surface area contributed by atoms with Crippen molar-refractivity contribution in [1.82, 2.24) is 9.80 Å². The van der Waals surface area contributed by atoms with E-state index in [9.17, 15) is 9.59 Å². The van der Waals surface area contributed by atoms with Gasteiger partial charge in [0.05, 0.1) is 13.2 Å². The maximum atomic E-state index is 11.6. The first-order chi connectivity index (χ1) is 6.56. The summed E-state index contributed by atoms with van der Waals surface area (Å²) in [5.41, 5.74) is 0.380. The number of amides is 1. The van der Waals surface area contributed by atoms with Crippen LogP contribution in [0.25, 0.3) is 0 Å². The van der Waals surface area contributed by atoms with Crippen LogP contribution in [0.2, 0.25) is 0 Å². The molecule has 0 aromatic heterocycles. The third-order valence-corrected chi connectivity index (χ3v) is 2.20. The average Bonchev–Trinajstić information content (AvgIpc) is 2.18. The van der Waals surface area contributed by atoms with E-state index in [1.54, 1.807) is 23.9 Å².